The van der Waals surface area contributed by atoms with Gasteiger partial charge in [-0.3, -0.25) is 19.3 Å². The molecule has 3 heterocycles. The zero-order valence-corrected chi connectivity index (χ0v) is 32.6. The van der Waals surface area contributed by atoms with E-state index in [1.165, 1.54) is 0 Å². The van der Waals surface area contributed by atoms with Crippen molar-refractivity contribution in [3.8, 4) is 5.75 Å². The van der Waals surface area contributed by atoms with Crippen LogP contribution in [0.5, 0.6) is 5.75 Å². The Bertz CT molecular complexity index is 2120. The first-order valence-electron chi connectivity index (χ1n) is 20.0. The largest absolute Gasteiger partial charge is 0.494 e. The maximum atomic E-state index is 14.3. The molecule has 0 saturated carbocycles. The average molecular weight is 773 g/mol. The molecule has 3 aliphatic rings. The number of fused-ring (bicyclic) bond motifs is 3. The highest BCUT2D eigenvalue weighted by Crippen LogP contribution is 2.46. The molecule has 0 radical (unpaired) electrons. The lowest BCUT2D eigenvalue weighted by Crippen LogP contribution is -2.49. The van der Waals surface area contributed by atoms with Gasteiger partial charge in [0.1, 0.15) is 5.75 Å². The number of benzene rings is 4. The first kappa shape index (κ1) is 39.9. The van der Waals surface area contributed by atoms with Crippen LogP contribution >= 0.6 is 0 Å². The van der Waals surface area contributed by atoms with Crippen LogP contribution in [0, 0.1) is 5.92 Å². The second-order valence-corrected chi connectivity index (χ2v) is 15.1. The van der Waals surface area contributed by atoms with Crippen LogP contribution in [0.15, 0.2) is 103 Å². The van der Waals surface area contributed by atoms with Crippen LogP contribution < -0.4 is 19.9 Å². The molecule has 0 fully saturated rings. The van der Waals surface area contributed by atoms with Gasteiger partial charge in [-0.25, -0.2) is 0 Å². The molecule has 0 saturated heterocycles. The number of nitrogens with one attached hydrogen (secondary N) is 1. The Morgan fingerprint density at radius 1 is 0.930 bits per heavy atom. The quantitative estimate of drug-likeness (QED) is 0.0943. The van der Waals surface area contributed by atoms with E-state index in [1.54, 1.807) is 45.9 Å². The fourth-order valence-corrected chi connectivity index (χ4v) is 8.38. The highest BCUT2D eigenvalue weighted by Gasteiger charge is 2.52. The Kier molecular flexibility index (Phi) is 12.2. The lowest BCUT2D eigenvalue weighted by atomic mass is 9.83. The molecule has 1 unspecified atom stereocenters. The van der Waals surface area contributed by atoms with Crippen molar-refractivity contribution in [1.82, 2.24) is 10.2 Å². The van der Waals surface area contributed by atoms with Crippen molar-refractivity contribution in [2.75, 3.05) is 36.2 Å². The van der Waals surface area contributed by atoms with Crippen molar-refractivity contribution < 1.29 is 34.4 Å². The molecule has 0 spiro atoms. The summed E-state index contributed by atoms with van der Waals surface area (Å²) in [7, 11) is 0. The molecule has 0 bridgehead atoms. The van der Waals surface area contributed by atoms with Crippen LogP contribution in [0.3, 0.4) is 0 Å². The number of ether oxygens (including phenoxy) is 1. The average Bonchev–Trinajstić information content (AvgIpc) is 3.45. The van der Waals surface area contributed by atoms with E-state index in [9.17, 15) is 29.7 Å². The van der Waals surface area contributed by atoms with Crippen LogP contribution in [0.1, 0.15) is 60.9 Å². The maximum Gasteiger partial charge on any atom is 0.264 e. The van der Waals surface area contributed by atoms with E-state index in [0.717, 1.165) is 40.1 Å². The van der Waals surface area contributed by atoms with Crippen LogP contribution in [-0.4, -0.2) is 76.4 Å². The number of carbonyl (C=O) groups is 3. The molecular formula is C46H52N4O7. The van der Waals surface area contributed by atoms with Crippen LogP contribution in [0.25, 0.3) is 0 Å². The minimum atomic E-state index is -1.85. The minimum absolute atomic E-state index is 0.0726. The molecule has 57 heavy (non-hydrogen) atoms. The topological polar surface area (TPSA) is 143 Å². The van der Waals surface area contributed by atoms with Gasteiger partial charge in [0.25, 0.3) is 5.91 Å². The Morgan fingerprint density at radius 3 is 2.44 bits per heavy atom. The van der Waals surface area contributed by atoms with Gasteiger partial charge >= 0.3 is 0 Å². The van der Waals surface area contributed by atoms with Crippen LogP contribution in [0.4, 0.5) is 17.1 Å². The highest BCUT2D eigenvalue weighted by molar-refractivity contribution is 6.08. The summed E-state index contributed by atoms with van der Waals surface area (Å²) in [4.78, 5) is 46.7. The molecule has 3 aliphatic heterocycles. The standard InChI is InChI=1S/C46H52N4O7/c1-3-57-38-21-22-41-35(26-38)27-40(47-23-8-9-24-51)44(54)50(41)36-19-17-32(18-20-36)28-49-42-15-7-6-14-39(42)46(56,45(49)55)31(2)11-10-16-43(53)48-29-34-13-5-4-12-33(34)25-37(48)30-52/h4-7,10-15,17-22,26,31,37,40,47,51-52,56H,3,8-9,16,23-25,27-30H2,1-2H3/b11-10+/t31-,37+,40?,46+/m1/s1. The summed E-state index contributed by atoms with van der Waals surface area (Å²) >= 11 is 0. The molecule has 0 aromatic heterocycles. The van der Waals surface area contributed by atoms with Gasteiger partial charge in [0, 0.05) is 36.7 Å². The number of nitrogens with zero attached hydrogens (tertiary/aromatic N) is 3. The molecule has 298 valence electrons. The fourth-order valence-electron chi connectivity index (χ4n) is 8.38. The van der Waals surface area contributed by atoms with Crippen LogP contribution in [0.2, 0.25) is 0 Å². The van der Waals surface area contributed by atoms with Gasteiger partial charge in [-0.2, -0.15) is 0 Å². The number of hydrogen-bond acceptors (Lipinski definition) is 8. The van der Waals surface area contributed by atoms with Gasteiger partial charge in [-0.05, 0) is 97.8 Å². The van der Waals surface area contributed by atoms with E-state index in [2.05, 4.69) is 5.32 Å². The number of carbonyl (C=O) groups excluding carboxylic acids is 3. The Balaban J connectivity index is 1.07. The number of anilines is 3. The SMILES string of the molecule is CCOc1ccc2c(c1)CC(NCCCCO)C(=O)N2c1ccc(CN2C(=O)[C@](O)([C@H](C)/C=C/CC(=O)N3Cc4ccccc4C[C@H]3CO)c3ccccc32)cc1. The van der Waals surface area contributed by atoms with Gasteiger partial charge in [-0.1, -0.05) is 73.7 Å². The monoisotopic (exact) mass is 772 g/mol. The van der Waals surface area contributed by atoms with Crippen molar-refractivity contribution in [2.24, 2.45) is 5.92 Å². The summed E-state index contributed by atoms with van der Waals surface area (Å²) < 4.78 is 5.77. The van der Waals surface area contributed by atoms with Gasteiger partial charge in [0.05, 0.1) is 43.2 Å². The molecule has 4 atom stereocenters. The third-order valence-electron chi connectivity index (χ3n) is 11.5. The maximum absolute atomic E-state index is 14.3. The molecule has 11 heteroatoms. The predicted octanol–water partition coefficient (Wildman–Crippen LogP) is 5.30. The smallest absolute Gasteiger partial charge is 0.264 e. The Hall–Kier alpha value is -5.33. The molecule has 11 nitrogen and oxygen atoms in total. The van der Waals surface area contributed by atoms with E-state index in [4.69, 9.17) is 4.74 Å². The zero-order valence-electron chi connectivity index (χ0n) is 32.6. The number of para-hydroxylation sites is 1. The van der Waals surface area contributed by atoms with Gasteiger partial charge in [0.2, 0.25) is 11.8 Å². The molecule has 4 aromatic rings. The lowest BCUT2D eigenvalue weighted by Gasteiger charge is -2.36. The summed E-state index contributed by atoms with van der Waals surface area (Å²) in [6.45, 7) is 5.45. The second-order valence-electron chi connectivity index (χ2n) is 15.1. The molecular weight excluding hydrogens is 721 g/mol. The Labute approximate surface area is 334 Å². The van der Waals surface area contributed by atoms with E-state index in [1.807, 2.05) is 85.8 Å². The van der Waals surface area contributed by atoms with Crippen molar-refractivity contribution in [2.45, 2.75) is 76.7 Å². The third-order valence-corrected chi connectivity index (χ3v) is 11.5. The number of amides is 3. The number of hydrogen-bond donors (Lipinski definition) is 4. The van der Waals surface area contributed by atoms with E-state index < -0.39 is 23.5 Å². The van der Waals surface area contributed by atoms with E-state index in [-0.39, 0.29) is 44.0 Å². The van der Waals surface area contributed by atoms with Gasteiger partial charge in [-0.15, -0.1) is 0 Å². The van der Waals surface area contributed by atoms with Crippen molar-refractivity contribution in [1.29, 1.82) is 0 Å². The molecule has 0 aliphatic carbocycles. The summed E-state index contributed by atoms with van der Waals surface area (Å²) in [6.07, 6.45) is 6.03. The first-order chi connectivity index (χ1) is 27.7. The van der Waals surface area contributed by atoms with Crippen molar-refractivity contribution in [3.63, 3.8) is 0 Å². The number of aliphatic hydroxyl groups is 3. The molecule has 4 N–H and O–H groups in total. The number of unbranched alkanes of at least 4 members (excludes halogenated alkanes) is 1. The summed E-state index contributed by atoms with van der Waals surface area (Å²) in [6, 6.07) is 27.8. The highest BCUT2D eigenvalue weighted by atomic mass is 16.5. The minimum Gasteiger partial charge on any atom is -0.494 e. The second kappa shape index (κ2) is 17.4. The number of aliphatic hydroxyl groups excluding tert-OH is 2. The molecule has 4 aromatic carbocycles. The first-order valence-corrected chi connectivity index (χ1v) is 20.0. The van der Waals surface area contributed by atoms with Crippen LogP contribution in [-0.2, 0) is 45.9 Å². The third kappa shape index (κ3) is 7.98. The lowest BCUT2D eigenvalue weighted by molar-refractivity contribution is -0.139. The summed E-state index contributed by atoms with van der Waals surface area (Å²) in [5, 5.41) is 34.9. The van der Waals surface area contributed by atoms with Crippen molar-refractivity contribution >= 4 is 34.8 Å². The van der Waals surface area contributed by atoms with E-state index in [0.29, 0.717) is 55.9 Å². The molecule has 3 amide bonds. The normalized spacial score (nSPS) is 20.8. The zero-order chi connectivity index (χ0) is 40.1. The van der Waals surface area contributed by atoms with E-state index >= 15 is 0 Å². The van der Waals surface area contributed by atoms with Gasteiger partial charge < -0.3 is 35.2 Å². The number of rotatable bonds is 15. The summed E-state index contributed by atoms with van der Waals surface area (Å²) in [5.41, 5.74) is 4.75. The predicted molar refractivity (Wildman–Crippen MR) is 219 cm³/mol. The summed E-state index contributed by atoms with van der Waals surface area (Å²) in [5.74, 6) is -0.563. The van der Waals surface area contributed by atoms with Crippen molar-refractivity contribution in [3.05, 3.63) is 131 Å². The Morgan fingerprint density at radius 2 is 1.68 bits per heavy atom. The molecule has 7 rings (SSSR count). The van der Waals surface area contributed by atoms with Gasteiger partial charge in [0.15, 0.2) is 5.60 Å². The fraction of sp³-hybridized carbons (Fsp3) is 0.370.